The minimum atomic E-state index is -0.441. The van der Waals surface area contributed by atoms with Crippen LogP contribution in [0.2, 0.25) is 5.02 Å². The minimum Gasteiger partial charge on any atom is -0.491 e. The molecule has 8 heteroatoms. The molecule has 2 heterocycles. The van der Waals surface area contributed by atoms with E-state index in [-0.39, 0.29) is 30.0 Å². The third-order valence-electron chi connectivity index (χ3n) is 3.69. The van der Waals surface area contributed by atoms with Crippen LogP contribution in [-0.2, 0) is 4.79 Å². The molecule has 26 heavy (non-hydrogen) atoms. The molecular formula is C18H18ClFN4O2. The van der Waals surface area contributed by atoms with Crippen LogP contribution in [0.4, 0.5) is 10.1 Å². The van der Waals surface area contributed by atoms with Crippen molar-refractivity contribution in [3.05, 3.63) is 47.5 Å². The fraction of sp³-hybridized carbons (Fsp3) is 0.278. The van der Waals surface area contributed by atoms with Crippen LogP contribution < -0.4 is 10.1 Å². The van der Waals surface area contributed by atoms with E-state index in [2.05, 4.69) is 15.4 Å². The van der Waals surface area contributed by atoms with Crippen LogP contribution in [0.5, 0.6) is 5.75 Å². The molecule has 1 aromatic carbocycles. The Kier molecular flexibility index (Phi) is 5.37. The van der Waals surface area contributed by atoms with E-state index in [1.807, 2.05) is 24.6 Å². The van der Waals surface area contributed by atoms with Gasteiger partial charge in [0, 0.05) is 11.4 Å². The van der Waals surface area contributed by atoms with E-state index >= 15 is 0 Å². The van der Waals surface area contributed by atoms with Gasteiger partial charge in [-0.2, -0.15) is 5.10 Å². The number of pyridine rings is 1. The molecule has 1 N–H and O–H groups in total. The number of carbonyl (C=O) groups is 1. The number of ether oxygens (including phenoxy) is 1. The number of aromatic nitrogens is 3. The first kappa shape index (κ1) is 18.1. The normalized spacial score (nSPS) is 11.1. The molecule has 0 atom stereocenters. The lowest BCUT2D eigenvalue weighted by Crippen LogP contribution is -2.15. The summed E-state index contributed by atoms with van der Waals surface area (Å²) in [4.78, 5) is 16.4. The van der Waals surface area contributed by atoms with Gasteiger partial charge in [-0.1, -0.05) is 11.6 Å². The first-order chi connectivity index (χ1) is 12.4. The van der Waals surface area contributed by atoms with Gasteiger partial charge < -0.3 is 10.1 Å². The highest BCUT2D eigenvalue weighted by Gasteiger charge is 2.10. The van der Waals surface area contributed by atoms with Gasteiger partial charge in [-0.15, -0.1) is 0 Å². The number of amides is 1. The van der Waals surface area contributed by atoms with Crippen LogP contribution in [0.1, 0.15) is 26.3 Å². The van der Waals surface area contributed by atoms with E-state index < -0.39 is 5.82 Å². The Balaban J connectivity index is 1.57. The van der Waals surface area contributed by atoms with Gasteiger partial charge >= 0.3 is 0 Å². The van der Waals surface area contributed by atoms with Gasteiger partial charge in [-0.05, 0) is 38.1 Å². The van der Waals surface area contributed by atoms with Gasteiger partial charge in [-0.25, -0.2) is 14.1 Å². The van der Waals surface area contributed by atoms with E-state index in [0.29, 0.717) is 11.4 Å². The molecule has 3 rings (SSSR count). The number of nitrogens with one attached hydrogen (secondary N) is 1. The van der Waals surface area contributed by atoms with Crippen molar-refractivity contribution in [3.63, 3.8) is 0 Å². The lowest BCUT2D eigenvalue weighted by Gasteiger charge is -2.09. The summed E-state index contributed by atoms with van der Waals surface area (Å²) in [6.07, 6.45) is 3.44. The molecule has 0 aliphatic carbocycles. The van der Waals surface area contributed by atoms with E-state index in [4.69, 9.17) is 16.3 Å². The fourth-order valence-corrected chi connectivity index (χ4v) is 2.68. The van der Waals surface area contributed by atoms with Gasteiger partial charge in [-0.3, -0.25) is 4.79 Å². The Morgan fingerprint density at radius 2 is 2.15 bits per heavy atom. The average Bonchev–Trinajstić information content (AvgIpc) is 3.00. The largest absolute Gasteiger partial charge is 0.491 e. The lowest BCUT2D eigenvalue weighted by atomic mass is 10.3. The summed E-state index contributed by atoms with van der Waals surface area (Å²) in [6.45, 7) is 4.17. The van der Waals surface area contributed by atoms with Crippen LogP contribution >= 0.6 is 11.6 Å². The molecule has 0 bridgehead atoms. The van der Waals surface area contributed by atoms with Gasteiger partial charge in [0.15, 0.2) is 5.65 Å². The molecule has 3 aromatic rings. The summed E-state index contributed by atoms with van der Waals surface area (Å²) >= 11 is 5.87. The number of rotatable bonds is 6. The maximum absolute atomic E-state index is 13.0. The predicted molar refractivity (Wildman–Crippen MR) is 98.1 cm³/mol. The molecule has 2 aromatic heterocycles. The number of fused-ring (bicyclic) bond motifs is 1. The van der Waals surface area contributed by atoms with Crippen LogP contribution in [0.15, 0.2) is 36.7 Å². The summed E-state index contributed by atoms with van der Waals surface area (Å²) in [5, 5.41) is 8.09. The molecule has 0 aliphatic rings. The van der Waals surface area contributed by atoms with Crippen molar-refractivity contribution < 1.29 is 13.9 Å². The molecule has 0 radical (unpaired) electrons. The third kappa shape index (κ3) is 4.11. The molecule has 0 fully saturated rings. The highest BCUT2D eigenvalue weighted by Crippen LogP contribution is 2.25. The van der Waals surface area contributed by atoms with Crippen molar-refractivity contribution in [1.82, 2.24) is 14.8 Å². The zero-order chi connectivity index (χ0) is 18.7. The van der Waals surface area contributed by atoms with Crippen molar-refractivity contribution in [1.29, 1.82) is 0 Å². The van der Waals surface area contributed by atoms with Crippen LogP contribution in [0.25, 0.3) is 11.0 Å². The van der Waals surface area contributed by atoms with Crippen molar-refractivity contribution in [2.24, 2.45) is 0 Å². The second-order valence-corrected chi connectivity index (χ2v) is 6.45. The Labute approximate surface area is 154 Å². The van der Waals surface area contributed by atoms with Crippen molar-refractivity contribution in [3.8, 4) is 5.75 Å². The zero-order valence-electron chi connectivity index (χ0n) is 14.4. The monoisotopic (exact) mass is 376 g/mol. The Morgan fingerprint density at radius 3 is 2.88 bits per heavy atom. The van der Waals surface area contributed by atoms with Crippen LogP contribution in [-0.4, -0.2) is 27.3 Å². The first-order valence-electron chi connectivity index (χ1n) is 8.15. The van der Waals surface area contributed by atoms with Gasteiger partial charge in [0.25, 0.3) is 0 Å². The van der Waals surface area contributed by atoms with Gasteiger partial charge in [0.05, 0.1) is 36.1 Å². The Bertz CT molecular complexity index is 942. The second-order valence-electron chi connectivity index (χ2n) is 6.04. The Hall–Kier alpha value is -2.67. The number of anilines is 1. The topological polar surface area (TPSA) is 69.0 Å². The van der Waals surface area contributed by atoms with E-state index in [9.17, 15) is 9.18 Å². The number of hydrogen-bond donors (Lipinski definition) is 1. The smallest absolute Gasteiger partial charge is 0.227 e. The highest BCUT2D eigenvalue weighted by atomic mass is 35.5. The van der Waals surface area contributed by atoms with Gasteiger partial charge in [0.2, 0.25) is 5.91 Å². The van der Waals surface area contributed by atoms with E-state index in [0.717, 1.165) is 17.1 Å². The molecule has 0 saturated heterocycles. The number of carbonyl (C=O) groups excluding carboxylic acids is 1. The summed E-state index contributed by atoms with van der Waals surface area (Å²) in [7, 11) is 0. The average molecular weight is 377 g/mol. The maximum Gasteiger partial charge on any atom is 0.227 e. The molecule has 136 valence electrons. The van der Waals surface area contributed by atoms with E-state index in [1.54, 1.807) is 12.4 Å². The number of hydrogen-bond acceptors (Lipinski definition) is 4. The molecular weight excluding hydrogens is 359 g/mol. The van der Waals surface area contributed by atoms with Crippen LogP contribution in [0, 0.1) is 5.82 Å². The van der Waals surface area contributed by atoms with Crippen molar-refractivity contribution in [2.45, 2.75) is 26.3 Å². The standard InChI is InChI=1S/C18H18ClFN4O2/c1-11(2)24-18-12(9-22-24)7-14(10-21-18)23-17(25)5-6-26-16-4-3-13(20)8-15(16)19/h3-4,7-11H,5-6H2,1-2H3,(H,23,25). The van der Waals surface area contributed by atoms with Crippen molar-refractivity contribution >= 4 is 34.2 Å². The SMILES string of the molecule is CC(C)n1ncc2cc(NC(=O)CCOc3ccc(F)cc3Cl)cnc21. The lowest BCUT2D eigenvalue weighted by molar-refractivity contribution is -0.116. The highest BCUT2D eigenvalue weighted by molar-refractivity contribution is 6.32. The molecule has 0 spiro atoms. The summed E-state index contributed by atoms with van der Waals surface area (Å²) in [5.74, 6) is -0.325. The Morgan fingerprint density at radius 1 is 1.35 bits per heavy atom. The molecule has 1 amide bonds. The van der Waals surface area contributed by atoms with Gasteiger partial charge in [0.1, 0.15) is 11.6 Å². The fourth-order valence-electron chi connectivity index (χ4n) is 2.46. The quantitative estimate of drug-likeness (QED) is 0.699. The summed E-state index contributed by atoms with van der Waals surface area (Å²) in [6, 6.07) is 5.87. The number of nitrogens with zero attached hydrogens (tertiary/aromatic N) is 3. The number of halogens is 2. The number of benzene rings is 1. The van der Waals surface area contributed by atoms with E-state index in [1.165, 1.54) is 12.1 Å². The third-order valence-corrected chi connectivity index (χ3v) is 3.98. The molecule has 0 saturated carbocycles. The zero-order valence-corrected chi connectivity index (χ0v) is 15.1. The molecule has 6 nitrogen and oxygen atoms in total. The first-order valence-corrected chi connectivity index (χ1v) is 8.53. The maximum atomic E-state index is 13.0. The molecule has 0 aliphatic heterocycles. The second kappa shape index (κ2) is 7.70. The summed E-state index contributed by atoms with van der Waals surface area (Å²) in [5.41, 5.74) is 1.36. The molecule has 0 unspecified atom stereocenters. The summed E-state index contributed by atoms with van der Waals surface area (Å²) < 4.78 is 20.2. The van der Waals surface area contributed by atoms with Crippen molar-refractivity contribution in [2.75, 3.05) is 11.9 Å². The predicted octanol–water partition coefficient (Wildman–Crippen LogP) is 4.21. The minimum absolute atomic E-state index is 0.122. The van der Waals surface area contributed by atoms with Crippen LogP contribution in [0.3, 0.4) is 0 Å².